The molecule has 142 valence electrons. The van der Waals surface area contributed by atoms with Gasteiger partial charge >= 0.3 is 5.97 Å². The second-order valence-corrected chi connectivity index (χ2v) is 6.14. The summed E-state index contributed by atoms with van der Waals surface area (Å²) in [5.74, 6) is 1.11. The van der Waals surface area contributed by atoms with Crippen molar-refractivity contribution in [3.8, 4) is 11.5 Å². The monoisotopic (exact) mass is 369 g/mol. The number of carbonyl (C=O) groups excluding carboxylic acids is 2. The van der Waals surface area contributed by atoms with E-state index in [9.17, 15) is 9.59 Å². The van der Waals surface area contributed by atoms with Crippen molar-refractivity contribution in [3.05, 3.63) is 59.7 Å². The first-order chi connectivity index (χ1) is 13.2. The quantitative estimate of drug-likeness (QED) is 0.669. The van der Waals surface area contributed by atoms with E-state index in [0.29, 0.717) is 43.9 Å². The summed E-state index contributed by atoms with van der Waals surface area (Å²) in [5, 5.41) is 0. The van der Waals surface area contributed by atoms with Gasteiger partial charge in [0.05, 0.1) is 18.7 Å². The van der Waals surface area contributed by atoms with Crippen LogP contribution in [0.1, 0.15) is 29.3 Å². The van der Waals surface area contributed by atoms with E-state index in [0.717, 1.165) is 11.3 Å². The molecule has 0 aliphatic carbocycles. The molecule has 0 unspecified atom stereocenters. The molecule has 0 atom stereocenters. The normalized spacial score (nSPS) is 12.9. The fourth-order valence-corrected chi connectivity index (χ4v) is 2.82. The van der Waals surface area contributed by atoms with Crippen LogP contribution in [0.15, 0.2) is 48.5 Å². The first-order valence-corrected chi connectivity index (χ1v) is 9.06. The molecule has 0 bridgehead atoms. The Hall–Kier alpha value is -3.02. The number of aryl methyl sites for hydroxylation is 1. The second kappa shape index (κ2) is 9.07. The van der Waals surface area contributed by atoms with E-state index in [4.69, 9.17) is 14.2 Å². The lowest BCUT2D eigenvalue weighted by Gasteiger charge is -2.28. The van der Waals surface area contributed by atoms with Crippen LogP contribution in [-0.4, -0.2) is 43.3 Å². The fraction of sp³-hybridized carbons (Fsp3) is 0.333. The Morgan fingerprint density at radius 3 is 2.70 bits per heavy atom. The van der Waals surface area contributed by atoms with E-state index in [-0.39, 0.29) is 18.6 Å². The number of benzene rings is 2. The molecule has 0 N–H and O–H groups in total. The van der Waals surface area contributed by atoms with Crippen molar-refractivity contribution in [2.75, 3.05) is 26.5 Å². The number of amides is 1. The maximum absolute atomic E-state index is 12.4. The average Bonchev–Trinajstić information content (AvgIpc) is 2.69. The minimum Gasteiger partial charge on any atom is -0.492 e. The zero-order valence-corrected chi connectivity index (χ0v) is 15.3. The molecule has 0 spiro atoms. The van der Waals surface area contributed by atoms with Crippen LogP contribution in [0.25, 0.3) is 0 Å². The summed E-state index contributed by atoms with van der Waals surface area (Å²) in [6.45, 7) is 3.25. The highest BCUT2D eigenvalue weighted by molar-refractivity contribution is 5.97. The zero-order valence-electron chi connectivity index (χ0n) is 15.3. The summed E-state index contributed by atoms with van der Waals surface area (Å²) in [5.41, 5.74) is 1.63. The summed E-state index contributed by atoms with van der Waals surface area (Å²) >= 11 is 0. The van der Waals surface area contributed by atoms with Crippen molar-refractivity contribution in [3.63, 3.8) is 0 Å². The second-order valence-electron chi connectivity index (χ2n) is 6.14. The molecular formula is C21H23NO5. The number of rotatable bonds is 8. The minimum atomic E-state index is -0.187. The summed E-state index contributed by atoms with van der Waals surface area (Å²) in [4.78, 5) is 25.4. The Balaban J connectivity index is 1.44. The molecule has 6 heteroatoms. The molecule has 0 saturated carbocycles. The smallest absolute Gasteiger partial charge is 0.306 e. The van der Waals surface area contributed by atoms with E-state index in [1.807, 2.05) is 36.4 Å². The van der Waals surface area contributed by atoms with Crippen LogP contribution in [0.4, 0.5) is 0 Å². The van der Waals surface area contributed by atoms with Crippen LogP contribution in [0.5, 0.6) is 11.5 Å². The van der Waals surface area contributed by atoms with Gasteiger partial charge in [0.2, 0.25) is 0 Å². The van der Waals surface area contributed by atoms with Gasteiger partial charge < -0.3 is 19.1 Å². The standard InChI is InChI=1S/C21H23NO5/c1-2-25-20(23)12-9-16-7-10-17(11-8-16)26-14-13-22-15-27-19-6-4-3-5-18(19)21(22)24/h3-8,10-11H,2,9,12-15H2,1H3. The van der Waals surface area contributed by atoms with Crippen molar-refractivity contribution in [2.24, 2.45) is 0 Å². The Morgan fingerprint density at radius 2 is 1.93 bits per heavy atom. The number of para-hydroxylation sites is 1. The van der Waals surface area contributed by atoms with Gasteiger partial charge in [-0.2, -0.15) is 0 Å². The number of hydrogen-bond donors (Lipinski definition) is 0. The Labute approximate surface area is 158 Å². The highest BCUT2D eigenvalue weighted by atomic mass is 16.5. The number of carbonyl (C=O) groups is 2. The van der Waals surface area contributed by atoms with Crippen LogP contribution in [0.3, 0.4) is 0 Å². The molecule has 0 radical (unpaired) electrons. The fourth-order valence-electron chi connectivity index (χ4n) is 2.82. The van der Waals surface area contributed by atoms with Crippen LogP contribution < -0.4 is 9.47 Å². The zero-order chi connectivity index (χ0) is 19.1. The van der Waals surface area contributed by atoms with Gasteiger partial charge in [0, 0.05) is 6.42 Å². The third-order valence-electron chi connectivity index (χ3n) is 4.26. The molecule has 6 nitrogen and oxygen atoms in total. The minimum absolute atomic E-state index is 0.0465. The summed E-state index contributed by atoms with van der Waals surface area (Å²) < 4.78 is 16.2. The molecule has 0 saturated heterocycles. The molecular weight excluding hydrogens is 346 g/mol. The predicted octanol–water partition coefficient (Wildman–Crippen LogP) is 3.05. The highest BCUT2D eigenvalue weighted by Gasteiger charge is 2.24. The number of hydrogen-bond acceptors (Lipinski definition) is 5. The SMILES string of the molecule is CCOC(=O)CCc1ccc(OCCN2COc3ccccc3C2=O)cc1. The number of esters is 1. The predicted molar refractivity (Wildman–Crippen MR) is 99.9 cm³/mol. The average molecular weight is 369 g/mol. The van der Waals surface area contributed by atoms with Crippen molar-refractivity contribution in [2.45, 2.75) is 19.8 Å². The first kappa shape index (κ1) is 18.8. The van der Waals surface area contributed by atoms with E-state index in [1.54, 1.807) is 24.0 Å². The third-order valence-corrected chi connectivity index (χ3v) is 4.26. The Morgan fingerprint density at radius 1 is 1.15 bits per heavy atom. The highest BCUT2D eigenvalue weighted by Crippen LogP contribution is 2.24. The van der Waals surface area contributed by atoms with Crippen molar-refractivity contribution >= 4 is 11.9 Å². The van der Waals surface area contributed by atoms with Crippen molar-refractivity contribution < 1.29 is 23.8 Å². The summed E-state index contributed by atoms with van der Waals surface area (Å²) in [6, 6.07) is 14.8. The lowest BCUT2D eigenvalue weighted by molar-refractivity contribution is -0.143. The van der Waals surface area contributed by atoms with Gasteiger partial charge in [-0.05, 0) is 43.2 Å². The third kappa shape index (κ3) is 5.00. The summed E-state index contributed by atoms with van der Waals surface area (Å²) in [7, 11) is 0. The molecule has 2 aromatic rings. The Bertz CT molecular complexity index is 787. The van der Waals surface area contributed by atoms with Gasteiger partial charge in [0.25, 0.3) is 5.91 Å². The van der Waals surface area contributed by atoms with Gasteiger partial charge in [-0.15, -0.1) is 0 Å². The molecule has 3 rings (SSSR count). The van der Waals surface area contributed by atoms with Crippen LogP contribution in [0, 0.1) is 0 Å². The van der Waals surface area contributed by atoms with E-state index in [2.05, 4.69) is 0 Å². The summed E-state index contributed by atoms with van der Waals surface area (Å²) in [6.07, 6.45) is 1.00. The van der Waals surface area contributed by atoms with E-state index in [1.165, 1.54) is 0 Å². The van der Waals surface area contributed by atoms with Crippen LogP contribution in [-0.2, 0) is 16.0 Å². The largest absolute Gasteiger partial charge is 0.492 e. The van der Waals surface area contributed by atoms with Gasteiger partial charge in [-0.1, -0.05) is 24.3 Å². The van der Waals surface area contributed by atoms with Gasteiger partial charge in [-0.3, -0.25) is 9.59 Å². The van der Waals surface area contributed by atoms with E-state index < -0.39 is 0 Å². The molecule has 1 amide bonds. The lowest BCUT2D eigenvalue weighted by atomic mass is 10.1. The van der Waals surface area contributed by atoms with Gasteiger partial charge in [-0.25, -0.2) is 0 Å². The number of nitrogens with zero attached hydrogens (tertiary/aromatic N) is 1. The van der Waals surface area contributed by atoms with Crippen molar-refractivity contribution in [1.82, 2.24) is 4.90 Å². The molecule has 1 aliphatic rings. The van der Waals surface area contributed by atoms with Crippen molar-refractivity contribution in [1.29, 1.82) is 0 Å². The Kier molecular flexibility index (Phi) is 6.30. The number of ether oxygens (including phenoxy) is 3. The molecule has 1 heterocycles. The van der Waals surface area contributed by atoms with Crippen LogP contribution >= 0.6 is 0 Å². The van der Waals surface area contributed by atoms with Gasteiger partial charge in [0.1, 0.15) is 18.1 Å². The molecule has 0 aromatic heterocycles. The molecule has 27 heavy (non-hydrogen) atoms. The molecule has 2 aromatic carbocycles. The van der Waals surface area contributed by atoms with Crippen LogP contribution in [0.2, 0.25) is 0 Å². The topological polar surface area (TPSA) is 65.1 Å². The first-order valence-electron chi connectivity index (χ1n) is 9.06. The maximum Gasteiger partial charge on any atom is 0.306 e. The molecule has 1 aliphatic heterocycles. The number of fused-ring (bicyclic) bond motifs is 1. The molecule has 0 fully saturated rings. The van der Waals surface area contributed by atoms with E-state index >= 15 is 0 Å². The van der Waals surface area contributed by atoms with Gasteiger partial charge in [0.15, 0.2) is 6.73 Å². The lowest BCUT2D eigenvalue weighted by Crippen LogP contribution is -2.40. The maximum atomic E-state index is 12.4.